The quantitative estimate of drug-likeness (QED) is 0.755. The first-order valence-electron chi connectivity index (χ1n) is 7.42. The van der Waals surface area contributed by atoms with Gasteiger partial charge in [-0.05, 0) is 43.3 Å². The number of likely N-dealkylation sites (N-methyl/N-ethyl adjacent to an activating group) is 1. The molecule has 6 nitrogen and oxygen atoms in total. The second-order valence-corrected chi connectivity index (χ2v) is 5.48. The molecule has 0 spiro atoms. The molecule has 0 bridgehead atoms. The normalized spacial score (nSPS) is 11.2. The Bertz CT molecular complexity index is 814. The summed E-state index contributed by atoms with van der Waals surface area (Å²) in [6, 6.07) is 9.52. The molecule has 118 valence electrons. The molecular weight excluding hydrogens is 292 g/mol. The number of hydrogen-bond donors (Lipinski definition) is 1. The molecule has 6 heteroatoms. The van der Waals surface area contributed by atoms with E-state index >= 15 is 0 Å². The summed E-state index contributed by atoms with van der Waals surface area (Å²) in [6.45, 7) is 1.35. The molecule has 23 heavy (non-hydrogen) atoms. The van der Waals surface area contributed by atoms with Crippen molar-refractivity contribution in [2.45, 2.75) is 13.0 Å². The topological polar surface area (TPSA) is 70.7 Å². The summed E-state index contributed by atoms with van der Waals surface area (Å²) in [5.41, 5.74) is 2.68. The number of imidazole rings is 1. The third-order valence-electron chi connectivity index (χ3n) is 3.78. The lowest BCUT2D eigenvalue weighted by molar-refractivity contribution is 0.0689. The molecular formula is C17H18N4O2. The van der Waals surface area contributed by atoms with Gasteiger partial charge in [0.05, 0.1) is 5.69 Å². The van der Waals surface area contributed by atoms with Crippen LogP contribution in [0.25, 0.3) is 5.65 Å². The highest BCUT2D eigenvalue weighted by molar-refractivity contribution is 5.87. The van der Waals surface area contributed by atoms with Crippen molar-refractivity contribution in [3.05, 3.63) is 65.9 Å². The van der Waals surface area contributed by atoms with Crippen molar-refractivity contribution in [2.24, 2.45) is 0 Å². The van der Waals surface area contributed by atoms with Crippen LogP contribution in [0.1, 0.15) is 21.7 Å². The number of aromatic carboxylic acids is 1. The Kier molecular flexibility index (Phi) is 4.34. The molecule has 3 aromatic heterocycles. The van der Waals surface area contributed by atoms with Crippen molar-refractivity contribution in [1.29, 1.82) is 0 Å². The molecule has 0 saturated carbocycles. The van der Waals surface area contributed by atoms with Crippen LogP contribution in [0.3, 0.4) is 0 Å². The summed E-state index contributed by atoms with van der Waals surface area (Å²) in [4.78, 5) is 21.8. The average Bonchev–Trinajstić information content (AvgIpc) is 2.93. The third kappa shape index (κ3) is 3.37. The number of pyridine rings is 2. The van der Waals surface area contributed by atoms with Crippen molar-refractivity contribution in [2.75, 3.05) is 13.6 Å². The number of rotatable bonds is 6. The fourth-order valence-electron chi connectivity index (χ4n) is 2.57. The van der Waals surface area contributed by atoms with E-state index < -0.39 is 5.97 Å². The number of carboxylic acids is 1. The van der Waals surface area contributed by atoms with Crippen LogP contribution in [0, 0.1) is 0 Å². The fraction of sp³-hybridized carbons (Fsp3) is 0.235. The van der Waals surface area contributed by atoms with E-state index in [4.69, 9.17) is 0 Å². The zero-order chi connectivity index (χ0) is 16.2. The Balaban J connectivity index is 1.77. The SMILES string of the molecule is CN(CCc1ccncc1)Cc1c(C(=O)O)nc2ccccn12. The van der Waals surface area contributed by atoms with E-state index in [1.54, 1.807) is 12.4 Å². The van der Waals surface area contributed by atoms with Crippen LogP contribution in [-0.4, -0.2) is 43.9 Å². The number of carboxylic acid groups (broad SMARTS) is 1. The number of aromatic nitrogens is 3. The predicted octanol–water partition coefficient (Wildman–Crippen LogP) is 2.10. The first-order chi connectivity index (χ1) is 11.1. The molecule has 3 aromatic rings. The Labute approximate surface area is 134 Å². The van der Waals surface area contributed by atoms with E-state index in [0.29, 0.717) is 17.9 Å². The first-order valence-corrected chi connectivity index (χ1v) is 7.42. The maximum Gasteiger partial charge on any atom is 0.356 e. The molecule has 0 atom stereocenters. The highest BCUT2D eigenvalue weighted by atomic mass is 16.4. The van der Waals surface area contributed by atoms with Gasteiger partial charge in [-0.3, -0.25) is 4.98 Å². The van der Waals surface area contributed by atoms with Crippen molar-refractivity contribution >= 4 is 11.6 Å². The standard InChI is InChI=1S/C17H18N4O2/c1-20(11-7-13-5-8-18-9-6-13)12-14-16(17(22)23)19-15-4-2-3-10-21(14)15/h2-6,8-10H,7,11-12H2,1H3,(H,22,23). The summed E-state index contributed by atoms with van der Waals surface area (Å²) in [7, 11) is 1.98. The van der Waals surface area contributed by atoms with Gasteiger partial charge in [-0.2, -0.15) is 0 Å². The number of carbonyl (C=O) groups is 1. The molecule has 0 aliphatic carbocycles. The minimum Gasteiger partial charge on any atom is -0.476 e. The second kappa shape index (κ2) is 6.58. The monoisotopic (exact) mass is 310 g/mol. The predicted molar refractivity (Wildman–Crippen MR) is 86.4 cm³/mol. The van der Waals surface area contributed by atoms with Crippen molar-refractivity contribution in [3.8, 4) is 0 Å². The molecule has 3 rings (SSSR count). The second-order valence-electron chi connectivity index (χ2n) is 5.48. The van der Waals surface area contributed by atoms with E-state index in [-0.39, 0.29) is 5.69 Å². The minimum absolute atomic E-state index is 0.118. The van der Waals surface area contributed by atoms with Gasteiger partial charge in [-0.1, -0.05) is 6.07 Å². The van der Waals surface area contributed by atoms with Gasteiger partial charge in [-0.25, -0.2) is 9.78 Å². The Morgan fingerprint density at radius 1 is 1.26 bits per heavy atom. The zero-order valence-electron chi connectivity index (χ0n) is 12.9. The molecule has 0 unspecified atom stereocenters. The van der Waals surface area contributed by atoms with E-state index in [2.05, 4.69) is 14.9 Å². The summed E-state index contributed by atoms with van der Waals surface area (Å²) >= 11 is 0. The van der Waals surface area contributed by atoms with Crippen molar-refractivity contribution in [1.82, 2.24) is 19.3 Å². The molecule has 0 aliphatic rings. The van der Waals surface area contributed by atoms with Crippen LogP contribution in [0.15, 0.2) is 48.9 Å². The van der Waals surface area contributed by atoms with Crippen molar-refractivity contribution < 1.29 is 9.90 Å². The number of nitrogens with zero attached hydrogens (tertiary/aromatic N) is 4. The van der Waals surface area contributed by atoms with Crippen LogP contribution in [-0.2, 0) is 13.0 Å². The lowest BCUT2D eigenvalue weighted by atomic mass is 10.2. The minimum atomic E-state index is -0.994. The van der Waals surface area contributed by atoms with Crippen LogP contribution >= 0.6 is 0 Å². The van der Waals surface area contributed by atoms with Gasteiger partial charge in [0.25, 0.3) is 0 Å². The van der Waals surface area contributed by atoms with Gasteiger partial charge in [0.2, 0.25) is 0 Å². The average molecular weight is 310 g/mol. The molecule has 0 radical (unpaired) electrons. The van der Waals surface area contributed by atoms with Crippen molar-refractivity contribution in [3.63, 3.8) is 0 Å². The van der Waals surface area contributed by atoms with E-state index in [1.807, 2.05) is 48.0 Å². The maximum atomic E-state index is 11.5. The van der Waals surface area contributed by atoms with Crippen LogP contribution in [0.5, 0.6) is 0 Å². The summed E-state index contributed by atoms with van der Waals surface area (Å²) in [5.74, 6) is -0.994. The summed E-state index contributed by atoms with van der Waals surface area (Å²) in [5, 5.41) is 9.39. The molecule has 1 N–H and O–H groups in total. The lowest BCUT2D eigenvalue weighted by Gasteiger charge is -2.16. The first kappa shape index (κ1) is 15.2. The molecule has 0 amide bonds. The van der Waals surface area contributed by atoms with E-state index in [1.165, 1.54) is 5.56 Å². The molecule has 0 fully saturated rings. The van der Waals surface area contributed by atoms with Gasteiger partial charge in [-0.15, -0.1) is 0 Å². The van der Waals surface area contributed by atoms with Crippen LogP contribution in [0.2, 0.25) is 0 Å². The smallest absolute Gasteiger partial charge is 0.356 e. The molecule has 0 saturated heterocycles. The molecule has 0 aromatic carbocycles. The van der Waals surface area contributed by atoms with E-state index in [0.717, 1.165) is 13.0 Å². The Morgan fingerprint density at radius 2 is 2.04 bits per heavy atom. The lowest BCUT2D eigenvalue weighted by Crippen LogP contribution is -2.23. The molecule has 0 aliphatic heterocycles. The zero-order valence-corrected chi connectivity index (χ0v) is 12.9. The van der Waals surface area contributed by atoms with Gasteiger partial charge in [0.15, 0.2) is 5.69 Å². The summed E-state index contributed by atoms with van der Waals surface area (Å²) < 4.78 is 1.84. The summed E-state index contributed by atoms with van der Waals surface area (Å²) in [6.07, 6.45) is 6.30. The highest BCUT2D eigenvalue weighted by Crippen LogP contribution is 2.15. The maximum absolute atomic E-state index is 11.5. The van der Waals surface area contributed by atoms with Crippen LogP contribution in [0.4, 0.5) is 0 Å². The van der Waals surface area contributed by atoms with E-state index in [9.17, 15) is 9.90 Å². The Morgan fingerprint density at radius 3 is 2.78 bits per heavy atom. The largest absolute Gasteiger partial charge is 0.476 e. The van der Waals surface area contributed by atoms with Gasteiger partial charge < -0.3 is 14.4 Å². The van der Waals surface area contributed by atoms with Crippen LogP contribution < -0.4 is 0 Å². The Hall–Kier alpha value is -2.73. The number of hydrogen-bond acceptors (Lipinski definition) is 4. The third-order valence-corrected chi connectivity index (χ3v) is 3.78. The number of fused-ring (bicyclic) bond motifs is 1. The fourth-order valence-corrected chi connectivity index (χ4v) is 2.57. The van der Waals surface area contributed by atoms with Gasteiger partial charge >= 0.3 is 5.97 Å². The molecule has 3 heterocycles. The highest BCUT2D eigenvalue weighted by Gasteiger charge is 2.18. The van der Waals surface area contributed by atoms with Gasteiger partial charge in [0.1, 0.15) is 5.65 Å². The van der Waals surface area contributed by atoms with Gasteiger partial charge in [0, 0.05) is 31.7 Å².